The lowest BCUT2D eigenvalue weighted by Crippen LogP contribution is -2.44. The van der Waals surface area contributed by atoms with Crippen LogP contribution in [0, 0.1) is 6.92 Å². The third-order valence-corrected chi connectivity index (χ3v) is 6.81. The van der Waals surface area contributed by atoms with Crippen LogP contribution in [0.4, 0.5) is 21.6 Å². The molecular weight excluding hydrogens is 569 g/mol. The first-order valence-corrected chi connectivity index (χ1v) is 13.0. The molecule has 1 aliphatic heterocycles. The predicted molar refractivity (Wildman–Crippen MR) is 148 cm³/mol. The van der Waals surface area contributed by atoms with Gasteiger partial charge < -0.3 is 15.5 Å². The van der Waals surface area contributed by atoms with Gasteiger partial charge in [0.2, 0.25) is 11.8 Å². The molecule has 0 radical (unpaired) electrons. The van der Waals surface area contributed by atoms with Gasteiger partial charge in [-0.3, -0.25) is 24.0 Å². The lowest BCUT2D eigenvalue weighted by atomic mass is 10.1. The highest BCUT2D eigenvalue weighted by molar-refractivity contribution is 9.10. The first-order chi connectivity index (χ1) is 18.7. The van der Waals surface area contributed by atoms with Crippen molar-refractivity contribution < 1.29 is 18.8 Å². The summed E-state index contributed by atoms with van der Waals surface area (Å²) in [6, 6.07) is 11.3. The number of pyridine rings is 2. The number of fused-ring (bicyclic) bond motifs is 1. The van der Waals surface area contributed by atoms with Gasteiger partial charge in [0, 0.05) is 30.6 Å². The number of alkyl halides is 1. The number of ketones is 1. The fraction of sp³-hybridized carbons (Fsp3) is 0.259. The first-order valence-electron chi connectivity index (χ1n) is 12.2. The van der Waals surface area contributed by atoms with Gasteiger partial charge in [0.25, 0.3) is 0 Å². The Bertz CT molecular complexity index is 1590. The number of hydrogen-bond acceptors (Lipinski definition) is 7. The number of Topliss-reactive ketones (excluding diaryl/α,β-unsaturated/α-hetero) is 1. The number of aromatic nitrogens is 4. The molecule has 2 N–H and O–H groups in total. The normalized spacial score (nSPS) is 16.9. The summed E-state index contributed by atoms with van der Waals surface area (Å²) in [5.74, 6) is -0.973. The molecule has 0 saturated carbocycles. The molecule has 39 heavy (non-hydrogen) atoms. The summed E-state index contributed by atoms with van der Waals surface area (Å²) < 4.78 is 16.4. The summed E-state index contributed by atoms with van der Waals surface area (Å²) in [6.45, 7) is 2.88. The number of nitrogens with zero attached hydrogens (tertiary/aromatic N) is 5. The quantitative estimate of drug-likeness (QED) is 0.240. The number of halogens is 2. The number of rotatable bonds is 7. The van der Waals surface area contributed by atoms with E-state index in [1.807, 2.05) is 19.1 Å². The number of benzene rings is 1. The molecule has 1 aliphatic rings. The van der Waals surface area contributed by atoms with Crippen LogP contribution in [-0.2, 0) is 16.1 Å². The monoisotopic (exact) mass is 593 g/mol. The summed E-state index contributed by atoms with van der Waals surface area (Å²) in [4.78, 5) is 48.2. The van der Waals surface area contributed by atoms with Gasteiger partial charge in [0.1, 0.15) is 34.9 Å². The fourth-order valence-electron chi connectivity index (χ4n) is 4.64. The van der Waals surface area contributed by atoms with Crippen LogP contribution in [0.2, 0.25) is 0 Å². The number of nitrogens with one attached hydrogen (secondary N) is 2. The van der Waals surface area contributed by atoms with E-state index in [0.29, 0.717) is 21.3 Å². The number of anilines is 3. The Morgan fingerprint density at radius 2 is 1.95 bits per heavy atom. The van der Waals surface area contributed by atoms with E-state index >= 15 is 0 Å². The predicted octanol–water partition coefficient (Wildman–Crippen LogP) is 4.42. The summed E-state index contributed by atoms with van der Waals surface area (Å²) in [5, 5.41) is 10.9. The van der Waals surface area contributed by atoms with Gasteiger partial charge >= 0.3 is 0 Å². The Hall–Kier alpha value is -4.19. The van der Waals surface area contributed by atoms with E-state index < -0.39 is 24.0 Å². The molecule has 1 fully saturated rings. The second-order valence-corrected chi connectivity index (χ2v) is 10.2. The van der Waals surface area contributed by atoms with Gasteiger partial charge in [0.15, 0.2) is 5.78 Å². The van der Waals surface area contributed by atoms with Crippen LogP contribution in [0.25, 0.3) is 10.9 Å². The molecule has 4 heterocycles. The maximum absolute atomic E-state index is 14.4. The molecule has 4 aromatic rings. The van der Waals surface area contributed by atoms with Gasteiger partial charge in [-0.1, -0.05) is 6.07 Å². The lowest BCUT2D eigenvalue weighted by molar-refractivity contribution is -0.137. The molecule has 2 atom stereocenters. The summed E-state index contributed by atoms with van der Waals surface area (Å²) in [7, 11) is 0. The Kier molecular flexibility index (Phi) is 7.38. The molecular formula is C27H25BrFN7O3. The molecule has 5 rings (SSSR count). The van der Waals surface area contributed by atoms with Crippen LogP contribution in [0.3, 0.4) is 0 Å². The number of amides is 2. The van der Waals surface area contributed by atoms with E-state index in [9.17, 15) is 18.8 Å². The van der Waals surface area contributed by atoms with E-state index in [1.54, 1.807) is 42.7 Å². The number of carbonyl (C=O) groups is 3. The molecule has 10 nitrogen and oxygen atoms in total. The van der Waals surface area contributed by atoms with E-state index in [1.165, 1.54) is 16.5 Å². The Morgan fingerprint density at radius 1 is 1.13 bits per heavy atom. The Labute approximate surface area is 231 Å². The zero-order chi connectivity index (χ0) is 27.7. The van der Waals surface area contributed by atoms with Crippen molar-refractivity contribution in [1.82, 2.24) is 24.6 Å². The molecule has 1 aromatic carbocycles. The maximum Gasteiger partial charge on any atom is 0.248 e. The van der Waals surface area contributed by atoms with Gasteiger partial charge in [-0.05, 0) is 64.8 Å². The standard InChI is InChI=1S/C27H25BrFN7O3/c1-15-8-19(12-30-11-15)31-18-6-7-21-20(10-18)26(16(2)37)34-36(21)14-25(38)35-13-17(29)9-22(35)27(39)33-24-5-3-4-23(28)32-24/h3-8,10-12,17,22,31H,9,13-14H2,1-2H3,(H,32,33,39)/t17-,22+/m1/s1. The van der Waals surface area contributed by atoms with Crippen molar-refractivity contribution in [3.63, 3.8) is 0 Å². The smallest absolute Gasteiger partial charge is 0.248 e. The maximum atomic E-state index is 14.4. The summed E-state index contributed by atoms with van der Waals surface area (Å²) in [5.41, 5.74) is 3.29. The highest BCUT2D eigenvalue weighted by Crippen LogP contribution is 2.27. The molecule has 2 amide bonds. The van der Waals surface area contributed by atoms with E-state index in [-0.39, 0.29) is 31.0 Å². The van der Waals surface area contributed by atoms with Crippen molar-refractivity contribution >= 4 is 61.6 Å². The molecule has 200 valence electrons. The van der Waals surface area contributed by atoms with Crippen molar-refractivity contribution in [2.24, 2.45) is 0 Å². The number of carbonyl (C=O) groups excluding carboxylic acids is 3. The fourth-order valence-corrected chi connectivity index (χ4v) is 4.99. The van der Waals surface area contributed by atoms with E-state index in [0.717, 1.165) is 16.9 Å². The van der Waals surface area contributed by atoms with Crippen LogP contribution in [0.5, 0.6) is 0 Å². The molecule has 0 spiro atoms. The Morgan fingerprint density at radius 3 is 2.69 bits per heavy atom. The molecule has 3 aromatic heterocycles. The number of hydrogen-bond donors (Lipinski definition) is 2. The van der Waals surface area contributed by atoms with Crippen LogP contribution in [0.15, 0.2) is 59.5 Å². The van der Waals surface area contributed by atoms with Crippen LogP contribution >= 0.6 is 15.9 Å². The topological polar surface area (TPSA) is 122 Å². The minimum Gasteiger partial charge on any atom is -0.354 e. The largest absolute Gasteiger partial charge is 0.354 e. The van der Waals surface area contributed by atoms with Gasteiger partial charge in [-0.25, -0.2) is 9.37 Å². The van der Waals surface area contributed by atoms with E-state index in [2.05, 4.69) is 41.6 Å². The average Bonchev–Trinajstić information content (AvgIpc) is 3.45. The van der Waals surface area contributed by atoms with Crippen LogP contribution < -0.4 is 10.6 Å². The highest BCUT2D eigenvalue weighted by atomic mass is 79.9. The molecule has 1 saturated heterocycles. The van der Waals surface area contributed by atoms with Crippen molar-refractivity contribution in [3.05, 3.63) is 70.7 Å². The zero-order valence-electron chi connectivity index (χ0n) is 21.2. The van der Waals surface area contributed by atoms with Gasteiger partial charge in [0.05, 0.1) is 23.9 Å². The van der Waals surface area contributed by atoms with Crippen molar-refractivity contribution in [2.75, 3.05) is 17.2 Å². The third-order valence-electron chi connectivity index (χ3n) is 6.37. The number of aryl methyl sites for hydroxylation is 1. The first kappa shape index (κ1) is 26.4. The zero-order valence-corrected chi connectivity index (χ0v) is 22.8. The average molecular weight is 594 g/mol. The van der Waals surface area contributed by atoms with Gasteiger partial charge in [-0.15, -0.1) is 0 Å². The van der Waals surface area contributed by atoms with Crippen molar-refractivity contribution in [3.8, 4) is 0 Å². The Balaban J connectivity index is 1.38. The van der Waals surface area contributed by atoms with Crippen molar-refractivity contribution in [2.45, 2.75) is 39.0 Å². The number of likely N-dealkylation sites (tertiary alicyclic amines) is 1. The minimum absolute atomic E-state index is 0.118. The highest BCUT2D eigenvalue weighted by Gasteiger charge is 2.40. The van der Waals surface area contributed by atoms with E-state index in [4.69, 9.17) is 0 Å². The second-order valence-electron chi connectivity index (χ2n) is 9.40. The molecule has 0 unspecified atom stereocenters. The van der Waals surface area contributed by atoms with Gasteiger partial charge in [-0.2, -0.15) is 5.10 Å². The summed E-state index contributed by atoms with van der Waals surface area (Å²) >= 11 is 3.25. The van der Waals surface area contributed by atoms with Crippen molar-refractivity contribution in [1.29, 1.82) is 0 Å². The molecule has 0 aliphatic carbocycles. The molecule has 0 bridgehead atoms. The molecule has 12 heteroatoms. The minimum atomic E-state index is -1.34. The summed E-state index contributed by atoms with van der Waals surface area (Å²) in [6.07, 6.45) is 1.98. The lowest BCUT2D eigenvalue weighted by Gasteiger charge is -2.23. The van der Waals surface area contributed by atoms with Crippen LogP contribution in [0.1, 0.15) is 29.4 Å². The van der Waals surface area contributed by atoms with Crippen LogP contribution in [-0.4, -0.2) is 61.0 Å². The second kappa shape index (κ2) is 10.9. The third kappa shape index (κ3) is 5.80. The SMILES string of the molecule is CC(=O)c1nn(CC(=O)N2C[C@H](F)C[C@H]2C(=O)Nc2cccc(Br)n2)c2ccc(Nc3cncc(C)c3)cc12.